The van der Waals surface area contributed by atoms with Crippen molar-refractivity contribution in [2.45, 2.75) is 13.3 Å². The van der Waals surface area contributed by atoms with Crippen molar-refractivity contribution in [3.8, 4) is 0 Å². The van der Waals surface area contributed by atoms with Crippen LogP contribution in [0.25, 0.3) is 0 Å². The Morgan fingerprint density at radius 2 is 1.93 bits per heavy atom. The Hall–Kier alpha value is -0.730. The molecule has 1 rings (SSSR count). The van der Waals surface area contributed by atoms with Crippen LogP contribution >= 0.6 is 23.2 Å². The van der Waals surface area contributed by atoms with Crippen LogP contribution in [0.2, 0.25) is 10.0 Å². The van der Waals surface area contributed by atoms with Crippen molar-refractivity contribution >= 4 is 29.1 Å². The summed E-state index contributed by atoms with van der Waals surface area (Å²) in [6, 6.07) is 5.26. The number of rotatable bonds is 3. The Labute approximate surface area is 93.0 Å². The van der Waals surface area contributed by atoms with E-state index in [-0.39, 0.29) is 11.8 Å². The van der Waals surface area contributed by atoms with E-state index in [9.17, 15) is 4.79 Å². The minimum Gasteiger partial charge on any atom is -0.369 e. The predicted octanol–water partition coefficient (Wildman–Crippen LogP) is 2.66. The molecular weight excluding hydrogens is 221 g/mol. The Morgan fingerprint density at radius 3 is 2.36 bits per heavy atom. The summed E-state index contributed by atoms with van der Waals surface area (Å²) in [6.07, 6.45) is 0.480. The highest BCUT2D eigenvalue weighted by Gasteiger charge is 2.13. The molecule has 0 fully saturated rings. The van der Waals surface area contributed by atoms with Crippen LogP contribution in [-0.2, 0) is 11.2 Å². The molecule has 2 nitrogen and oxygen atoms in total. The molecule has 0 saturated heterocycles. The van der Waals surface area contributed by atoms with Gasteiger partial charge in [0.2, 0.25) is 5.91 Å². The Balaban J connectivity index is 2.91. The molecule has 1 unspecified atom stereocenters. The first kappa shape index (κ1) is 11.3. The molecule has 1 amide bonds. The van der Waals surface area contributed by atoms with Gasteiger partial charge in [0.25, 0.3) is 0 Å². The molecule has 1 atom stereocenters. The van der Waals surface area contributed by atoms with Crippen molar-refractivity contribution in [1.29, 1.82) is 0 Å². The molecular formula is C10H11Cl2NO. The summed E-state index contributed by atoms with van der Waals surface area (Å²) in [6.45, 7) is 1.75. The summed E-state index contributed by atoms with van der Waals surface area (Å²) in [5.74, 6) is -0.603. The largest absolute Gasteiger partial charge is 0.369 e. The van der Waals surface area contributed by atoms with Crippen molar-refractivity contribution in [2.24, 2.45) is 11.7 Å². The average molecular weight is 232 g/mol. The summed E-state index contributed by atoms with van der Waals surface area (Å²) >= 11 is 11.9. The van der Waals surface area contributed by atoms with E-state index in [1.54, 1.807) is 25.1 Å². The van der Waals surface area contributed by atoms with Crippen LogP contribution in [0.1, 0.15) is 12.5 Å². The van der Waals surface area contributed by atoms with E-state index >= 15 is 0 Å². The van der Waals surface area contributed by atoms with Crippen molar-refractivity contribution in [2.75, 3.05) is 0 Å². The second kappa shape index (κ2) is 4.67. The first-order valence-corrected chi connectivity index (χ1v) is 5.00. The van der Waals surface area contributed by atoms with Gasteiger partial charge in [0.05, 0.1) is 0 Å². The number of hydrogen-bond donors (Lipinski definition) is 1. The van der Waals surface area contributed by atoms with Crippen molar-refractivity contribution in [1.82, 2.24) is 0 Å². The van der Waals surface area contributed by atoms with Crippen LogP contribution in [0.3, 0.4) is 0 Å². The third-order valence-corrected chi connectivity index (χ3v) is 2.77. The predicted molar refractivity (Wildman–Crippen MR) is 58.5 cm³/mol. The van der Waals surface area contributed by atoms with E-state index in [1.807, 2.05) is 0 Å². The zero-order valence-corrected chi connectivity index (χ0v) is 9.27. The van der Waals surface area contributed by atoms with Crippen molar-refractivity contribution in [3.63, 3.8) is 0 Å². The summed E-state index contributed by atoms with van der Waals surface area (Å²) in [5, 5.41) is 1.15. The lowest BCUT2D eigenvalue weighted by Crippen LogP contribution is -2.22. The maximum atomic E-state index is 10.9. The molecule has 0 heterocycles. The van der Waals surface area contributed by atoms with Gasteiger partial charge in [-0.2, -0.15) is 0 Å². The molecule has 0 bridgehead atoms. The molecule has 76 valence electrons. The zero-order valence-electron chi connectivity index (χ0n) is 7.76. The van der Waals surface area contributed by atoms with Gasteiger partial charge in [0.1, 0.15) is 0 Å². The normalized spacial score (nSPS) is 12.5. The van der Waals surface area contributed by atoms with Crippen LogP contribution in [0.15, 0.2) is 18.2 Å². The lowest BCUT2D eigenvalue weighted by atomic mass is 10.0. The fourth-order valence-corrected chi connectivity index (χ4v) is 1.69. The highest BCUT2D eigenvalue weighted by molar-refractivity contribution is 6.36. The third-order valence-electron chi connectivity index (χ3n) is 2.06. The zero-order chi connectivity index (χ0) is 10.7. The monoisotopic (exact) mass is 231 g/mol. The second-order valence-electron chi connectivity index (χ2n) is 3.21. The topological polar surface area (TPSA) is 43.1 Å². The molecule has 4 heteroatoms. The highest BCUT2D eigenvalue weighted by atomic mass is 35.5. The van der Waals surface area contributed by atoms with Gasteiger partial charge >= 0.3 is 0 Å². The molecule has 0 aliphatic rings. The molecule has 0 aliphatic carbocycles. The molecule has 0 aliphatic heterocycles. The van der Waals surface area contributed by atoms with E-state index in [1.165, 1.54) is 0 Å². The standard InChI is InChI=1S/C10H11Cl2NO/c1-6(10(13)14)5-7-8(11)3-2-4-9(7)12/h2-4,6H,5H2,1H3,(H2,13,14). The van der Waals surface area contributed by atoms with Crippen LogP contribution in [0.4, 0.5) is 0 Å². The number of primary amides is 1. The maximum Gasteiger partial charge on any atom is 0.220 e. The minimum absolute atomic E-state index is 0.257. The number of benzene rings is 1. The van der Waals surface area contributed by atoms with Gasteiger partial charge in [0, 0.05) is 16.0 Å². The van der Waals surface area contributed by atoms with Gasteiger partial charge in [-0.25, -0.2) is 0 Å². The summed E-state index contributed by atoms with van der Waals surface area (Å²) in [7, 11) is 0. The van der Waals surface area contributed by atoms with E-state index in [0.29, 0.717) is 16.5 Å². The average Bonchev–Trinajstić information content (AvgIpc) is 2.11. The van der Waals surface area contributed by atoms with Gasteiger partial charge in [-0.3, -0.25) is 4.79 Å². The SMILES string of the molecule is CC(Cc1c(Cl)cccc1Cl)C(N)=O. The number of nitrogens with two attached hydrogens (primary N) is 1. The highest BCUT2D eigenvalue weighted by Crippen LogP contribution is 2.26. The smallest absolute Gasteiger partial charge is 0.220 e. The van der Waals surface area contributed by atoms with Crippen molar-refractivity contribution in [3.05, 3.63) is 33.8 Å². The molecule has 2 N–H and O–H groups in total. The van der Waals surface area contributed by atoms with E-state index in [0.717, 1.165) is 5.56 Å². The maximum absolute atomic E-state index is 10.9. The van der Waals surface area contributed by atoms with Crippen molar-refractivity contribution < 1.29 is 4.79 Å². The summed E-state index contributed by atoms with van der Waals surface area (Å²) in [5.41, 5.74) is 5.94. The van der Waals surface area contributed by atoms with E-state index in [4.69, 9.17) is 28.9 Å². The molecule has 1 aromatic rings. The molecule has 0 saturated carbocycles. The molecule has 14 heavy (non-hydrogen) atoms. The Kier molecular flexibility index (Phi) is 3.78. The molecule has 0 spiro atoms. The number of halogens is 2. The van der Waals surface area contributed by atoms with Gasteiger partial charge in [-0.15, -0.1) is 0 Å². The van der Waals surface area contributed by atoms with Gasteiger partial charge in [-0.1, -0.05) is 36.2 Å². The van der Waals surface area contributed by atoms with Gasteiger partial charge in [-0.05, 0) is 24.1 Å². The lowest BCUT2D eigenvalue weighted by molar-refractivity contribution is -0.121. The fraction of sp³-hybridized carbons (Fsp3) is 0.300. The lowest BCUT2D eigenvalue weighted by Gasteiger charge is -2.10. The molecule has 1 aromatic carbocycles. The first-order valence-electron chi connectivity index (χ1n) is 4.24. The van der Waals surface area contributed by atoms with Crippen LogP contribution in [0.5, 0.6) is 0 Å². The summed E-state index contributed by atoms with van der Waals surface area (Å²) in [4.78, 5) is 10.9. The van der Waals surface area contributed by atoms with Crippen LogP contribution in [-0.4, -0.2) is 5.91 Å². The van der Waals surface area contributed by atoms with Gasteiger partial charge < -0.3 is 5.73 Å². The number of carbonyl (C=O) groups excluding carboxylic acids is 1. The van der Waals surface area contributed by atoms with Gasteiger partial charge in [0.15, 0.2) is 0 Å². The molecule has 0 aromatic heterocycles. The number of amides is 1. The second-order valence-corrected chi connectivity index (χ2v) is 4.02. The fourth-order valence-electron chi connectivity index (χ4n) is 1.13. The van der Waals surface area contributed by atoms with Crippen LogP contribution < -0.4 is 5.73 Å². The quantitative estimate of drug-likeness (QED) is 0.855. The first-order chi connectivity index (χ1) is 6.52. The third kappa shape index (κ3) is 2.63. The van der Waals surface area contributed by atoms with E-state index < -0.39 is 0 Å². The Bertz CT molecular complexity index is 332. The molecule has 0 radical (unpaired) electrons. The Morgan fingerprint density at radius 1 is 1.43 bits per heavy atom. The van der Waals surface area contributed by atoms with Crippen LogP contribution in [0, 0.1) is 5.92 Å². The van der Waals surface area contributed by atoms with E-state index in [2.05, 4.69) is 0 Å². The number of hydrogen-bond acceptors (Lipinski definition) is 1. The summed E-state index contributed by atoms with van der Waals surface area (Å²) < 4.78 is 0. The minimum atomic E-state index is -0.346. The number of carbonyl (C=O) groups is 1.